The van der Waals surface area contributed by atoms with E-state index in [2.05, 4.69) is 56.4 Å². The SMILES string of the molecule is Clc1cccc(-c2n[nH]c3c2CN([C@H]2CCN(c4ccccc4)C2)CC3)c1. The summed E-state index contributed by atoms with van der Waals surface area (Å²) in [5, 5.41) is 8.63. The van der Waals surface area contributed by atoms with Crippen LogP contribution in [-0.2, 0) is 13.0 Å². The lowest BCUT2D eigenvalue weighted by Gasteiger charge is -2.32. The molecular formula is C22H23ClN4. The summed E-state index contributed by atoms with van der Waals surface area (Å²) in [6.07, 6.45) is 2.25. The molecule has 2 aromatic carbocycles. The van der Waals surface area contributed by atoms with E-state index in [4.69, 9.17) is 11.6 Å². The van der Waals surface area contributed by atoms with Crippen LogP contribution in [0.2, 0.25) is 5.02 Å². The molecule has 0 aliphatic carbocycles. The average molecular weight is 379 g/mol. The molecule has 3 heterocycles. The summed E-state index contributed by atoms with van der Waals surface area (Å²) < 4.78 is 0. The molecule has 0 spiro atoms. The lowest BCUT2D eigenvalue weighted by molar-refractivity contribution is 0.191. The van der Waals surface area contributed by atoms with Crippen molar-refractivity contribution in [2.24, 2.45) is 0 Å². The van der Waals surface area contributed by atoms with Crippen molar-refractivity contribution in [1.29, 1.82) is 0 Å². The highest BCUT2D eigenvalue weighted by Gasteiger charge is 2.32. The van der Waals surface area contributed by atoms with Gasteiger partial charge < -0.3 is 4.90 Å². The summed E-state index contributed by atoms with van der Waals surface area (Å²) in [7, 11) is 0. The molecule has 2 aliphatic rings. The number of hydrogen-bond acceptors (Lipinski definition) is 3. The number of aromatic nitrogens is 2. The third kappa shape index (κ3) is 3.24. The molecule has 1 fully saturated rings. The quantitative estimate of drug-likeness (QED) is 0.735. The monoisotopic (exact) mass is 378 g/mol. The second-order valence-electron chi connectivity index (χ2n) is 7.48. The highest BCUT2D eigenvalue weighted by Crippen LogP contribution is 2.32. The molecule has 2 aliphatic heterocycles. The number of hydrogen-bond donors (Lipinski definition) is 1. The van der Waals surface area contributed by atoms with E-state index >= 15 is 0 Å². The van der Waals surface area contributed by atoms with Gasteiger partial charge in [0.15, 0.2) is 0 Å². The van der Waals surface area contributed by atoms with E-state index < -0.39 is 0 Å². The predicted molar refractivity (Wildman–Crippen MR) is 110 cm³/mol. The molecule has 4 nitrogen and oxygen atoms in total. The Balaban J connectivity index is 1.35. The van der Waals surface area contributed by atoms with Gasteiger partial charge in [-0.15, -0.1) is 0 Å². The van der Waals surface area contributed by atoms with Crippen LogP contribution in [0.1, 0.15) is 17.7 Å². The summed E-state index contributed by atoms with van der Waals surface area (Å²) in [6, 6.07) is 19.4. The molecule has 0 saturated carbocycles. The molecular weight excluding hydrogens is 356 g/mol. The van der Waals surface area contributed by atoms with Gasteiger partial charge in [-0.2, -0.15) is 5.10 Å². The number of halogens is 1. The molecule has 3 aromatic rings. The van der Waals surface area contributed by atoms with Crippen LogP contribution in [0.5, 0.6) is 0 Å². The first-order valence-corrected chi connectivity index (χ1v) is 10.0. The fourth-order valence-electron chi connectivity index (χ4n) is 4.42. The Kier molecular flexibility index (Phi) is 4.38. The first-order valence-electron chi connectivity index (χ1n) is 9.64. The standard InChI is InChI=1S/C22H23ClN4/c23-17-6-4-5-16(13-17)22-20-15-27(12-10-21(20)24-25-22)19-9-11-26(14-19)18-7-2-1-3-8-18/h1-8,13,19H,9-12,14-15H2,(H,24,25)/t19-/m0/s1. The van der Waals surface area contributed by atoms with Crippen molar-refractivity contribution in [3.05, 3.63) is 70.9 Å². The van der Waals surface area contributed by atoms with E-state index in [1.165, 1.54) is 23.4 Å². The number of aromatic amines is 1. The van der Waals surface area contributed by atoms with Crippen molar-refractivity contribution in [3.63, 3.8) is 0 Å². The summed E-state index contributed by atoms with van der Waals surface area (Å²) in [4.78, 5) is 5.14. The second kappa shape index (κ2) is 7.02. The van der Waals surface area contributed by atoms with E-state index in [9.17, 15) is 0 Å². The van der Waals surface area contributed by atoms with Crippen molar-refractivity contribution in [2.75, 3.05) is 24.5 Å². The number of H-pyrrole nitrogens is 1. The maximum Gasteiger partial charge on any atom is 0.0969 e. The van der Waals surface area contributed by atoms with E-state index in [1.54, 1.807) is 0 Å². The molecule has 0 amide bonds. The number of rotatable bonds is 3. The highest BCUT2D eigenvalue weighted by molar-refractivity contribution is 6.30. The van der Waals surface area contributed by atoms with Crippen molar-refractivity contribution in [2.45, 2.75) is 25.4 Å². The summed E-state index contributed by atoms with van der Waals surface area (Å²) in [5.41, 5.74) is 6.09. The number of benzene rings is 2. The van der Waals surface area contributed by atoms with Crippen LogP contribution in [-0.4, -0.2) is 40.8 Å². The minimum atomic E-state index is 0.598. The first-order chi connectivity index (χ1) is 13.3. The fourth-order valence-corrected chi connectivity index (χ4v) is 4.61. The zero-order valence-electron chi connectivity index (χ0n) is 15.2. The molecule has 138 valence electrons. The van der Waals surface area contributed by atoms with Crippen LogP contribution in [0.4, 0.5) is 5.69 Å². The number of anilines is 1. The van der Waals surface area contributed by atoms with Crippen LogP contribution in [0.25, 0.3) is 11.3 Å². The van der Waals surface area contributed by atoms with E-state index in [0.717, 1.165) is 48.9 Å². The van der Waals surface area contributed by atoms with E-state index in [-0.39, 0.29) is 0 Å². The number of nitrogens with one attached hydrogen (secondary N) is 1. The van der Waals surface area contributed by atoms with Crippen molar-refractivity contribution >= 4 is 17.3 Å². The fraction of sp³-hybridized carbons (Fsp3) is 0.318. The van der Waals surface area contributed by atoms with Gasteiger partial charge in [-0.25, -0.2) is 0 Å². The lowest BCUT2D eigenvalue weighted by Crippen LogP contribution is -2.40. The van der Waals surface area contributed by atoms with Crippen molar-refractivity contribution in [3.8, 4) is 11.3 Å². The molecule has 1 saturated heterocycles. The van der Waals surface area contributed by atoms with Crippen LogP contribution in [0.3, 0.4) is 0 Å². The Morgan fingerprint density at radius 1 is 1.04 bits per heavy atom. The minimum Gasteiger partial charge on any atom is -0.370 e. The predicted octanol–water partition coefficient (Wildman–Crippen LogP) is 4.37. The zero-order valence-corrected chi connectivity index (χ0v) is 16.0. The topological polar surface area (TPSA) is 35.2 Å². The van der Waals surface area contributed by atoms with Gasteiger partial charge in [-0.05, 0) is 30.7 Å². The smallest absolute Gasteiger partial charge is 0.0969 e. The van der Waals surface area contributed by atoms with Crippen molar-refractivity contribution < 1.29 is 0 Å². The number of nitrogens with zero attached hydrogens (tertiary/aromatic N) is 3. The average Bonchev–Trinajstić information content (AvgIpc) is 3.35. The summed E-state index contributed by atoms with van der Waals surface area (Å²) in [5.74, 6) is 0. The Bertz CT molecular complexity index is 936. The molecule has 1 atom stereocenters. The minimum absolute atomic E-state index is 0.598. The maximum atomic E-state index is 6.20. The molecule has 0 bridgehead atoms. The highest BCUT2D eigenvalue weighted by atomic mass is 35.5. The zero-order chi connectivity index (χ0) is 18.2. The molecule has 5 rings (SSSR count). The van der Waals surface area contributed by atoms with Crippen LogP contribution in [0, 0.1) is 0 Å². The van der Waals surface area contributed by atoms with Gasteiger partial charge in [0.05, 0.1) is 5.69 Å². The molecule has 5 heteroatoms. The Labute approximate surface area is 164 Å². The van der Waals surface area contributed by atoms with Gasteiger partial charge >= 0.3 is 0 Å². The number of para-hydroxylation sites is 1. The van der Waals surface area contributed by atoms with E-state index in [0.29, 0.717) is 6.04 Å². The third-order valence-corrected chi connectivity index (χ3v) is 6.10. The first kappa shape index (κ1) is 16.8. The molecule has 0 radical (unpaired) electrons. The summed E-state index contributed by atoms with van der Waals surface area (Å²) >= 11 is 6.20. The third-order valence-electron chi connectivity index (χ3n) is 5.86. The summed E-state index contributed by atoms with van der Waals surface area (Å²) in [6.45, 7) is 4.28. The lowest BCUT2D eigenvalue weighted by atomic mass is 9.99. The Morgan fingerprint density at radius 2 is 1.93 bits per heavy atom. The van der Waals surface area contributed by atoms with Crippen LogP contribution in [0.15, 0.2) is 54.6 Å². The van der Waals surface area contributed by atoms with Gasteiger partial charge in [0.2, 0.25) is 0 Å². The van der Waals surface area contributed by atoms with Crippen LogP contribution < -0.4 is 4.90 Å². The normalized spacial score (nSPS) is 20.0. The van der Waals surface area contributed by atoms with E-state index in [1.807, 2.05) is 18.2 Å². The largest absolute Gasteiger partial charge is 0.370 e. The Morgan fingerprint density at radius 3 is 2.78 bits per heavy atom. The Hall–Kier alpha value is -2.30. The maximum absolute atomic E-state index is 6.20. The van der Waals surface area contributed by atoms with Crippen molar-refractivity contribution in [1.82, 2.24) is 15.1 Å². The molecule has 0 unspecified atom stereocenters. The van der Waals surface area contributed by atoms with Gasteiger partial charge in [0.1, 0.15) is 0 Å². The van der Waals surface area contributed by atoms with Gasteiger partial charge in [0, 0.05) is 66.2 Å². The second-order valence-corrected chi connectivity index (χ2v) is 7.92. The van der Waals surface area contributed by atoms with Gasteiger partial charge in [-0.3, -0.25) is 10.00 Å². The molecule has 1 N–H and O–H groups in total. The number of fused-ring (bicyclic) bond motifs is 1. The molecule has 1 aromatic heterocycles. The van der Waals surface area contributed by atoms with Gasteiger partial charge in [0.25, 0.3) is 0 Å². The van der Waals surface area contributed by atoms with Crippen LogP contribution >= 0.6 is 11.6 Å². The van der Waals surface area contributed by atoms with Gasteiger partial charge in [-0.1, -0.05) is 41.9 Å². The molecule has 27 heavy (non-hydrogen) atoms.